The molecule has 1 aromatic carbocycles. The minimum absolute atomic E-state index is 0.0699. The molecule has 134 valence electrons. The lowest BCUT2D eigenvalue weighted by atomic mass is 10.1. The van der Waals surface area contributed by atoms with Gasteiger partial charge in [-0.2, -0.15) is 5.10 Å². The Kier molecular flexibility index (Phi) is 5.48. The van der Waals surface area contributed by atoms with Gasteiger partial charge in [-0.15, -0.1) is 0 Å². The summed E-state index contributed by atoms with van der Waals surface area (Å²) in [5.74, 6) is 0.247. The minimum Gasteiger partial charge on any atom is -0.381 e. The van der Waals surface area contributed by atoms with Crippen molar-refractivity contribution in [2.24, 2.45) is 11.0 Å². The van der Waals surface area contributed by atoms with Crippen LogP contribution in [0.4, 0.5) is 5.69 Å². The van der Waals surface area contributed by atoms with Gasteiger partial charge >= 0.3 is 0 Å². The van der Waals surface area contributed by atoms with Gasteiger partial charge in [-0.1, -0.05) is 12.1 Å². The number of nitrogens with zero attached hydrogens (tertiary/aromatic N) is 3. The highest BCUT2D eigenvalue weighted by Gasteiger charge is 2.29. The molecule has 1 saturated heterocycles. The molecular weight excluding hydrogens is 318 g/mol. The van der Waals surface area contributed by atoms with Crippen LogP contribution in [0.2, 0.25) is 0 Å². The maximum atomic E-state index is 12.9. The van der Waals surface area contributed by atoms with Crippen molar-refractivity contribution in [1.82, 2.24) is 4.90 Å². The van der Waals surface area contributed by atoms with Crippen LogP contribution in [0.25, 0.3) is 0 Å². The molecule has 2 amide bonds. The van der Waals surface area contributed by atoms with Crippen molar-refractivity contribution < 1.29 is 14.3 Å². The normalized spacial score (nSPS) is 20.6. The van der Waals surface area contributed by atoms with Gasteiger partial charge in [0.25, 0.3) is 5.91 Å². The van der Waals surface area contributed by atoms with E-state index in [1.54, 1.807) is 0 Å². The van der Waals surface area contributed by atoms with E-state index in [4.69, 9.17) is 4.74 Å². The predicted molar refractivity (Wildman–Crippen MR) is 96.5 cm³/mol. The van der Waals surface area contributed by atoms with E-state index in [0.717, 1.165) is 18.6 Å². The fourth-order valence-corrected chi connectivity index (χ4v) is 3.25. The molecule has 0 N–H and O–H groups in total. The number of hydrogen-bond acceptors (Lipinski definition) is 4. The van der Waals surface area contributed by atoms with Crippen LogP contribution >= 0.6 is 0 Å². The molecule has 0 spiro atoms. The molecule has 2 aliphatic heterocycles. The Labute approximate surface area is 148 Å². The summed E-state index contributed by atoms with van der Waals surface area (Å²) in [6.45, 7) is 6.74. The van der Waals surface area contributed by atoms with Gasteiger partial charge in [0.05, 0.1) is 12.3 Å². The van der Waals surface area contributed by atoms with E-state index < -0.39 is 0 Å². The number of benzene rings is 1. The summed E-state index contributed by atoms with van der Waals surface area (Å²) in [4.78, 5) is 27.0. The zero-order valence-corrected chi connectivity index (χ0v) is 14.9. The largest absolute Gasteiger partial charge is 0.381 e. The second-order valence-electron chi connectivity index (χ2n) is 6.66. The lowest BCUT2D eigenvalue weighted by Gasteiger charge is -2.28. The summed E-state index contributed by atoms with van der Waals surface area (Å²) < 4.78 is 5.41. The number of hydrazone groups is 1. The Hall–Kier alpha value is -2.21. The maximum Gasteiger partial charge on any atom is 0.270 e. The first-order valence-corrected chi connectivity index (χ1v) is 8.92. The lowest BCUT2D eigenvalue weighted by Crippen LogP contribution is -2.43. The third kappa shape index (κ3) is 4.07. The zero-order valence-electron chi connectivity index (χ0n) is 14.9. The molecule has 0 bridgehead atoms. The highest BCUT2D eigenvalue weighted by Crippen LogP contribution is 2.22. The molecule has 1 fully saturated rings. The number of anilines is 1. The predicted octanol–water partition coefficient (Wildman–Crippen LogP) is 2.36. The number of hydrogen-bond donors (Lipinski definition) is 0. The summed E-state index contributed by atoms with van der Waals surface area (Å²) in [7, 11) is 0. The van der Waals surface area contributed by atoms with E-state index in [1.165, 1.54) is 5.01 Å². The molecule has 25 heavy (non-hydrogen) atoms. The van der Waals surface area contributed by atoms with Crippen molar-refractivity contribution in [3.8, 4) is 0 Å². The standard InChI is InChI=1S/C19H25N3O3/c1-3-21(12-15-9-10-25-13-15)19(24)17-7-8-18(23)22(20-17)16-6-4-5-14(2)11-16/h4-6,11,15H,3,7-10,12-13H2,1-2H3/t15-/m1/s1. The van der Waals surface area contributed by atoms with Crippen molar-refractivity contribution in [2.45, 2.75) is 33.1 Å². The van der Waals surface area contributed by atoms with Crippen molar-refractivity contribution in [3.05, 3.63) is 29.8 Å². The first-order chi connectivity index (χ1) is 12.1. The number of aryl methyl sites for hydroxylation is 1. The highest BCUT2D eigenvalue weighted by molar-refractivity contribution is 6.40. The minimum atomic E-state index is -0.0746. The number of carbonyl (C=O) groups excluding carboxylic acids is 2. The first kappa shape index (κ1) is 17.6. The van der Waals surface area contributed by atoms with Crippen molar-refractivity contribution in [1.29, 1.82) is 0 Å². The monoisotopic (exact) mass is 343 g/mol. The molecule has 0 aliphatic carbocycles. The van der Waals surface area contributed by atoms with E-state index in [-0.39, 0.29) is 11.8 Å². The number of ether oxygens (including phenoxy) is 1. The Morgan fingerprint density at radius 1 is 1.40 bits per heavy atom. The second-order valence-corrected chi connectivity index (χ2v) is 6.66. The molecule has 1 atom stereocenters. The van der Waals surface area contributed by atoms with Crippen LogP contribution in [0.3, 0.4) is 0 Å². The SMILES string of the molecule is CCN(C[C@H]1CCOC1)C(=O)C1=NN(c2cccc(C)c2)C(=O)CC1. The zero-order chi connectivity index (χ0) is 17.8. The van der Waals surface area contributed by atoms with Crippen molar-refractivity contribution >= 4 is 23.2 Å². The second kappa shape index (κ2) is 7.78. The van der Waals surface area contributed by atoms with Crippen LogP contribution in [0, 0.1) is 12.8 Å². The fourth-order valence-electron chi connectivity index (χ4n) is 3.25. The van der Waals surface area contributed by atoms with Gasteiger partial charge in [0.1, 0.15) is 5.71 Å². The third-order valence-corrected chi connectivity index (χ3v) is 4.70. The van der Waals surface area contributed by atoms with Gasteiger partial charge in [0.15, 0.2) is 0 Å². The van der Waals surface area contributed by atoms with E-state index in [1.807, 2.05) is 43.0 Å². The molecule has 0 radical (unpaired) electrons. The third-order valence-electron chi connectivity index (χ3n) is 4.70. The van der Waals surface area contributed by atoms with Crippen molar-refractivity contribution in [2.75, 3.05) is 31.3 Å². The molecule has 1 aromatic rings. The van der Waals surface area contributed by atoms with Gasteiger partial charge in [0.2, 0.25) is 5.91 Å². The van der Waals surface area contributed by atoms with Crippen LogP contribution in [-0.4, -0.2) is 48.7 Å². The molecule has 6 nitrogen and oxygen atoms in total. The molecule has 0 unspecified atom stereocenters. The molecule has 0 saturated carbocycles. The van der Waals surface area contributed by atoms with E-state index in [0.29, 0.717) is 49.9 Å². The van der Waals surface area contributed by atoms with Crippen molar-refractivity contribution in [3.63, 3.8) is 0 Å². The van der Waals surface area contributed by atoms with E-state index >= 15 is 0 Å². The topological polar surface area (TPSA) is 62.2 Å². The molecule has 6 heteroatoms. The summed E-state index contributed by atoms with van der Waals surface area (Å²) in [5, 5.41) is 5.77. The van der Waals surface area contributed by atoms with Gasteiger partial charge in [-0.25, -0.2) is 5.01 Å². The summed E-state index contributed by atoms with van der Waals surface area (Å²) >= 11 is 0. The van der Waals surface area contributed by atoms with Crippen LogP contribution in [0.15, 0.2) is 29.4 Å². The molecule has 0 aromatic heterocycles. The van der Waals surface area contributed by atoms with Gasteiger partial charge in [-0.3, -0.25) is 9.59 Å². The quantitative estimate of drug-likeness (QED) is 0.824. The average molecular weight is 343 g/mol. The molecule has 2 heterocycles. The van der Waals surface area contributed by atoms with Crippen LogP contribution in [0.1, 0.15) is 31.7 Å². The van der Waals surface area contributed by atoms with Gasteiger partial charge in [-0.05, 0) is 38.0 Å². The smallest absolute Gasteiger partial charge is 0.270 e. The average Bonchev–Trinajstić information content (AvgIpc) is 3.12. The van der Waals surface area contributed by atoms with Gasteiger partial charge in [0, 0.05) is 38.5 Å². The van der Waals surface area contributed by atoms with Gasteiger partial charge < -0.3 is 9.64 Å². The highest BCUT2D eigenvalue weighted by atomic mass is 16.5. The van der Waals surface area contributed by atoms with Crippen LogP contribution in [-0.2, 0) is 14.3 Å². The Morgan fingerprint density at radius 3 is 2.92 bits per heavy atom. The number of carbonyl (C=O) groups is 2. The van der Waals surface area contributed by atoms with Crippen LogP contribution in [0.5, 0.6) is 0 Å². The Bertz CT molecular complexity index is 680. The molecular formula is C19H25N3O3. The Balaban J connectivity index is 1.78. The summed E-state index contributed by atoms with van der Waals surface area (Å²) in [5.41, 5.74) is 2.22. The van der Waals surface area contributed by atoms with E-state index in [9.17, 15) is 9.59 Å². The molecule has 3 rings (SSSR count). The summed E-state index contributed by atoms with van der Waals surface area (Å²) in [6, 6.07) is 7.61. The summed E-state index contributed by atoms with van der Waals surface area (Å²) in [6.07, 6.45) is 1.70. The maximum absolute atomic E-state index is 12.9. The number of amides is 2. The lowest BCUT2D eigenvalue weighted by molar-refractivity contribution is -0.124. The van der Waals surface area contributed by atoms with E-state index in [2.05, 4.69) is 5.10 Å². The number of rotatable bonds is 5. The molecule has 2 aliphatic rings. The Morgan fingerprint density at radius 2 is 2.24 bits per heavy atom. The first-order valence-electron chi connectivity index (χ1n) is 8.92. The fraction of sp³-hybridized carbons (Fsp3) is 0.526. The van der Waals surface area contributed by atoms with Crippen LogP contribution < -0.4 is 5.01 Å².